The zero-order valence-electron chi connectivity index (χ0n) is 14.7. The van der Waals surface area contributed by atoms with Crippen LogP contribution in [0.1, 0.15) is 42.7 Å². The van der Waals surface area contributed by atoms with E-state index in [1.54, 1.807) is 19.2 Å². The molecule has 0 unspecified atom stereocenters. The first-order valence-corrected chi connectivity index (χ1v) is 8.17. The molecule has 1 N–H and O–H groups in total. The molecule has 0 fully saturated rings. The van der Waals surface area contributed by atoms with Crippen molar-refractivity contribution in [1.29, 1.82) is 0 Å². The maximum atomic E-state index is 12.4. The van der Waals surface area contributed by atoms with Crippen molar-refractivity contribution in [3.63, 3.8) is 0 Å². The largest absolute Gasteiger partial charge is 0.497 e. The molecule has 0 saturated heterocycles. The molecule has 0 aliphatic carbocycles. The highest BCUT2D eigenvalue weighted by Crippen LogP contribution is 2.18. The summed E-state index contributed by atoms with van der Waals surface area (Å²) in [6.07, 6.45) is 0. The highest BCUT2D eigenvalue weighted by molar-refractivity contribution is 5.94. The number of nitrogens with one attached hydrogen (secondary N) is 1. The van der Waals surface area contributed by atoms with Crippen molar-refractivity contribution in [1.82, 2.24) is 5.32 Å². The molecule has 0 aliphatic heterocycles. The van der Waals surface area contributed by atoms with E-state index in [2.05, 4.69) is 19.2 Å². The second-order valence-corrected chi connectivity index (χ2v) is 6.20. The number of ether oxygens (including phenoxy) is 2. The number of rotatable bonds is 7. The Morgan fingerprint density at radius 3 is 2.08 bits per heavy atom. The average molecular weight is 327 g/mol. The molecule has 4 heteroatoms. The monoisotopic (exact) mass is 327 g/mol. The van der Waals surface area contributed by atoms with Crippen LogP contribution < -0.4 is 14.8 Å². The predicted molar refractivity (Wildman–Crippen MR) is 95.7 cm³/mol. The first-order valence-electron chi connectivity index (χ1n) is 8.17. The summed E-state index contributed by atoms with van der Waals surface area (Å²) in [5.74, 6) is 1.95. The standard InChI is InChI=1S/C20H25NO3/c1-14(2)13-24-19-11-7-17(8-12-19)20(22)21-15(3)16-5-9-18(23-4)10-6-16/h5-12,14-15H,13H2,1-4H3,(H,21,22)/t15-/m1/s1. The summed E-state index contributed by atoms with van der Waals surface area (Å²) in [7, 11) is 1.63. The quantitative estimate of drug-likeness (QED) is 0.828. The summed E-state index contributed by atoms with van der Waals surface area (Å²) in [6.45, 7) is 6.82. The molecule has 0 heterocycles. The summed E-state index contributed by atoms with van der Waals surface area (Å²) in [5.41, 5.74) is 1.65. The Morgan fingerprint density at radius 1 is 0.958 bits per heavy atom. The molecule has 0 spiro atoms. The molecule has 2 aromatic rings. The summed E-state index contributed by atoms with van der Waals surface area (Å²) in [5, 5.41) is 3.00. The van der Waals surface area contributed by atoms with E-state index in [0.29, 0.717) is 18.1 Å². The Bertz CT molecular complexity index is 648. The molecule has 0 bridgehead atoms. The summed E-state index contributed by atoms with van der Waals surface area (Å²) < 4.78 is 10.8. The van der Waals surface area contributed by atoms with Gasteiger partial charge in [0.2, 0.25) is 0 Å². The van der Waals surface area contributed by atoms with E-state index < -0.39 is 0 Å². The summed E-state index contributed by atoms with van der Waals surface area (Å²) in [6, 6.07) is 14.8. The fourth-order valence-electron chi connectivity index (χ4n) is 2.22. The molecule has 0 aliphatic rings. The van der Waals surface area contributed by atoms with Crippen LogP contribution in [0.5, 0.6) is 11.5 Å². The van der Waals surface area contributed by atoms with Gasteiger partial charge in [-0.3, -0.25) is 4.79 Å². The van der Waals surface area contributed by atoms with Crippen molar-refractivity contribution in [2.24, 2.45) is 5.92 Å². The molecule has 24 heavy (non-hydrogen) atoms. The number of amides is 1. The van der Waals surface area contributed by atoms with Crippen LogP contribution in [0.4, 0.5) is 0 Å². The third-order valence-electron chi connectivity index (χ3n) is 3.66. The summed E-state index contributed by atoms with van der Waals surface area (Å²) in [4.78, 5) is 12.4. The lowest BCUT2D eigenvalue weighted by Gasteiger charge is -2.15. The molecule has 0 radical (unpaired) electrons. The van der Waals surface area contributed by atoms with Gasteiger partial charge in [-0.25, -0.2) is 0 Å². The van der Waals surface area contributed by atoms with Gasteiger partial charge in [0, 0.05) is 5.56 Å². The van der Waals surface area contributed by atoms with Crippen LogP contribution in [0.25, 0.3) is 0 Å². The molecule has 0 saturated carbocycles. The SMILES string of the molecule is COc1ccc([C@@H](C)NC(=O)c2ccc(OCC(C)C)cc2)cc1. The van der Waals surface area contributed by atoms with Gasteiger partial charge in [-0.2, -0.15) is 0 Å². The van der Waals surface area contributed by atoms with Crippen LogP contribution in [0.2, 0.25) is 0 Å². The van der Waals surface area contributed by atoms with Gasteiger partial charge in [0.1, 0.15) is 11.5 Å². The minimum atomic E-state index is -0.103. The molecule has 1 atom stereocenters. The Labute approximate surface area is 143 Å². The third kappa shape index (κ3) is 5.01. The maximum absolute atomic E-state index is 12.4. The van der Waals surface area contributed by atoms with Crippen molar-refractivity contribution in [3.8, 4) is 11.5 Å². The Kier molecular flexibility index (Phi) is 6.24. The van der Waals surface area contributed by atoms with Crippen molar-refractivity contribution >= 4 is 5.91 Å². The minimum Gasteiger partial charge on any atom is -0.497 e. The number of methoxy groups -OCH3 is 1. The predicted octanol–water partition coefficient (Wildman–Crippen LogP) is 4.22. The van der Waals surface area contributed by atoms with Gasteiger partial charge in [-0.1, -0.05) is 26.0 Å². The first-order chi connectivity index (χ1) is 11.5. The topological polar surface area (TPSA) is 47.6 Å². The van der Waals surface area contributed by atoms with Crippen molar-refractivity contribution in [2.75, 3.05) is 13.7 Å². The highest BCUT2D eigenvalue weighted by atomic mass is 16.5. The van der Waals surface area contributed by atoms with E-state index in [-0.39, 0.29) is 11.9 Å². The number of carbonyl (C=O) groups is 1. The Hall–Kier alpha value is -2.49. The molecule has 2 rings (SSSR count). The van der Waals surface area contributed by atoms with Gasteiger partial charge in [-0.15, -0.1) is 0 Å². The summed E-state index contributed by atoms with van der Waals surface area (Å²) >= 11 is 0. The minimum absolute atomic E-state index is 0.0831. The van der Waals surface area contributed by atoms with Gasteiger partial charge in [-0.05, 0) is 54.8 Å². The Morgan fingerprint density at radius 2 is 1.54 bits per heavy atom. The van der Waals surface area contributed by atoms with E-state index >= 15 is 0 Å². The fourth-order valence-corrected chi connectivity index (χ4v) is 2.22. The van der Waals surface area contributed by atoms with Crippen molar-refractivity contribution in [3.05, 3.63) is 59.7 Å². The average Bonchev–Trinajstić information content (AvgIpc) is 2.60. The second kappa shape index (κ2) is 8.39. The smallest absolute Gasteiger partial charge is 0.251 e. The lowest BCUT2D eigenvalue weighted by Crippen LogP contribution is -2.26. The number of benzene rings is 2. The first kappa shape index (κ1) is 17.9. The van der Waals surface area contributed by atoms with Crippen LogP contribution in [0.15, 0.2) is 48.5 Å². The van der Waals surface area contributed by atoms with Gasteiger partial charge in [0.05, 0.1) is 19.8 Å². The van der Waals surface area contributed by atoms with E-state index in [0.717, 1.165) is 17.1 Å². The van der Waals surface area contributed by atoms with E-state index in [1.165, 1.54) is 0 Å². The van der Waals surface area contributed by atoms with Crippen LogP contribution in [-0.4, -0.2) is 19.6 Å². The van der Waals surface area contributed by atoms with Gasteiger partial charge in [0.25, 0.3) is 5.91 Å². The molecule has 2 aromatic carbocycles. The van der Waals surface area contributed by atoms with Crippen LogP contribution in [0.3, 0.4) is 0 Å². The van der Waals surface area contributed by atoms with Gasteiger partial charge in [0.15, 0.2) is 0 Å². The normalized spacial score (nSPS) is 11.9. The zero-order valence-corrected chi connectivity index (χ0v) is 14.7. The second-order valence-electron chi connectivity index (χ2n) is 6.20. The molecule has 128 valence electrons. The maximum Gasteiger partial charge on any atom is 0.251 e. The number of hydrogen-bond acceptors (Lipinski definition) is 3. The van der Waals surface area contributed by atoms with Crippen LogP contribution in [-0.2, 0) is 0 Å². The molecule has 0 aromatic heterocycles. The van der Waals surface area contributed by atoms with E-state index in [9.17, 15) is 4.79 Å². The number of carbonyl (C=O) groups excluding carboxylic acids is 1. The van der Waals surface area contributed by atoms with Crippen molar-refractivity contribution in [2.45, 2.75) is 26.8 Å². The van der Waals surface area contributed by atoms with Crippen molar-refractivity contribution < 1.29 is 14.3 Å². The lowest BCUT2D eigenvalue weighted by atomic mass is 10.1. The fraction of sp³-hybridized carbons (Fsp3) is 0.350. The zero-order chi connectivity index (χ0) is 17.5. The van der Waals surface area contributed by atoms with E-state index in [1.807, 2.05) is 43.3 Å². The van der Waals surface area contributed by atoms with Crippen LogP contribution >= 0.6 is 0 Å². The molecule has 1 amide bonds. The number of hydrogen-bond donors (Lipinski definition) is 1. The van der Waals surface area contributed by atoms with E-state index in [4.69, 9.17) is 9.47 Å². The lowest BCUT2D eigenvalue weighted by molar-refractivity contribution is 0.0940. The molecular formula is C20H25NO3. The van der Waals surface area contributed by atoms with Gasteiger partial charge >= 0.3 is 0 Å². The Balaban J connectivity index is 1.95. The third-order valence-corrected chi connectivity index (χ3v) is 3.66. The van der Waals surface area contributed by atoms with Gasteiger partial charge < -0.3 is 14.8 Å². The molecular weight excluding hydrogens is 302 g/mol. The molecule has 4 nitrogen and oxygen atoms in total. The highest BCUT2D eigenvalue weighted by Gasteiger charge is 2.11. The van der Waals surface area contributed by atoms with Crippen LogP contribution in [0, 0.1) is 5.92 Å².